The predicted molar refractivity (Wildman–Crippen MR) is 78.6 cm³/mol. The molecule has 0 radical (unpaired) electrons. The number of benzene rings is 1. The molecule has 0 aliphatic heterocycles. The molecule has 2 rings (SSSR count). The number of carbonyl (C=O) groups excluding carboxylic acids is 1. The Balaban J connectivity index is 1.81. The molecule has 100 valence electrons. The molecule has 0 aliphatic carbocycles. The zero-order valence-corrected chi connectivity index (χ0v) is 12.1. The quantitative estimate of drug-likeness (QED) is 0.839. The topological polar surface area (TPSA) is 33.2 Å². The molecule has 0 aliphatic rings. The van der Waals surface area contributed by atoms with Crippen molar-refractivity contribution in [2.75, 3.05) is 13.6 Å². The summed E-state index contributed by atoms with van der Waals surface area (Å²) in [6.07, 6.45) is 1.96. The van der Waals surface area contributed by atoms with Crippen LogP contribution in [0.1, 0.15) is 27.5 Å². The van der Waals surface area contributed by atoms with Crippen molar-refractivity contribution in [2.45, 2.75) is 19.8 Å². The Morgan fingerprint density at radius 1 is 1.32 bits per heavy atom. The fourth-order valence-electron chi connectivity index (χ4n) is 1.92. The molecule has 19 heavy (non-hydrogen) atoms. The molecule has 1 amide bonds. The number of aryl methyl sites for hydroxylation is 2. The SMILES string of the molecule is Cc1nc(C(=O)N(C)CCCc2ccccc2)cs1. The van der Waals surface area contributed by atoms with E-state index in [4.69, 9.17) is 0 Å². The molecule has 0 fully saturated rings. The highest BCUT2D eigenvalue weighted by atomic mass is 32.1. The van der Waals surface area contributed by atoms with Gasteiger partial charge in [0.05, 0.1) is 5.01 Å². The van der Waals surface area contributed by atoms with E-state index in [2.05, 4.69) is 17.1 Å². The summed E-state index contributed by atoms with van der Waals surface area (Å²) in [7, 11) is 1.84. The van der Waals surface area contributed by atoms with Gasteiger partial charge in [0.1, 0.15) is 5.69 Å². The summed E-state index contributed by atoms with van der Waals surface area (Å²) in [5.41, 5.74) is 1.87. The molecule has 0 bridgehead atoms. The Kier molecular flexibility index (Phi) is 4.68. The Morgan fingerprint density at radius 3 is 2.68 bits per heavy atom. The van der Waals surface area contributed by atoms with Crippen LogP contribution in [0, 0.1) is 6.92 Å². The molecular formula is C15H18N2OS. The van der Waals surface area contributed by atoms with Gasteiger partial charge in [-0.1, -0.05) is 30.3 Å². The first-order valence-corrected chi connectivity index (χ1v) is 7.26. The molecule has 1 aromatic heterocycles. The third-order valence-electron chi connectivity index (χ3n) is 2.99. The molecular weight excluding hydrogens is 256 g/mol. The van der Waals surface area contributed by atoms with E-state index >= 15 is 0 Å². The summed E-state index contributed by atoms with van der Waals surface area (Å²) in [5, 5.41) is 2.76. The smallest absolute Gasteiger partial charge is 0.273 e. The Morgan fingerprint density at radius 2 is 2.05 bits per heavy atom. The van der Waals surface area contributed by atoms with E-state index in [-0.39, 0.29) is 5.91 Å². The maximum Gasteiger partial charge on any atom is 0.273 e. The first-order valence-electron chi connectivity index (χ1n) is 6.38. The van der Waals surface area contributed by atoms with Crippen LogP contribution in [0.2, 0.25) is 0 Å². The largest absolute Gasteiger partial charge is 0.340 e. The van der Waals surface area contributed by atoms with E-state index in [1.807, 2.05) is 37.6 Å². The van der Waals surface area contributed by atoms with Crippen LogP contribution < -0.4 is 0 Å². The molecule has 0 saturated heterocycles. The third kappa shape index (κ3) is 3.89. The normalized spacial score (nSPS) is 10.4. The van der Waals surface area contributed by atoms with E-state index in [9.17, 15) is 4.79 Å². The van der Waals surface area contributed by atoms with Gasteiger partial charge in [-0.05, 0) is 25.3 Å². The number of hydrogen-bond acceptors (Lipinski definition) is 3. The van der Waals surface area contributed by atoms with Gasteiger partial charge in [0.15, 0.2) is 0 Å². The lowest BCUT2D eigenvalue weighted by molar-refractivity contribution is 0.0788. The van der Waals surface area contributed by atoms with Gasteiger partial charge in [-0.25, -0.2) is 4.98 Å². The number of thiazole rings is 1. The van der Waals surface area contributed by atoms with Crippen molar-refractivity contribution in [3.8, 4) is 0 Å². The van der Waals surface area contributed by atoms with Crippen LogP contribution in [0.15, 0.2) is 35.7 Å². The van der Waals surface area contributed by atoms with Crippen LogP contribution in [0.3, 0.4) is 0 Å². The van der Waals surface area contributed by atoms with Crippen LogP contribution in [0.4, 0.5) is 0 Å². The molecule has 0 unspecified atom stereocenters. The highest BCUT2D eigenvalue weighted by molar-refractivity contribution is 7.09. The molecule has 1 aromatic carbocycles. The van der Waals surface area contributed by atoms with E-state index in [0.717, 1.165) is 24.4 Å². The summed E-state index contributed by atoms with van der Waals surface area (Å²) in [4.78, 5) is 18.0. The van der Waals surface area contributed by atoms with E-state index in [1.165, 1.54) is 16.9 Å². The van der Waals surface area contributed by atoms with Crippen LogP contribution in [-0.4, -0.2) is 29.4 Å². The van der Waals surface area contributed by atoms with Crippen molar-refractivity contribution in [3.63, 3.8) is 0 Å². The molecule has 2 aromatic rings. The van der Waals surface area contributed by atoms with Crippen LogP contribution in [0.5, 0.6) is 0 Å². The monoisotopic (exact) mass is 274 g/mol. The summed E-state index contributed by atoms with van der Waals surface area (Å²) >= 11 is 1.51. The van der Waals surface area contributed by atoms with Crippen molar-refractivity contribution in [3.05, 3.63) is 52.0 Å². The van der Waals surface area contributed by atoms with Crippen molar-refractivity contribution in [1.82, 2.24) is 9.88 Å². The fourth-order valence-corrected chi connectivity index (χ4v) is 2.51. The van der Waals surface area contributed by atoms with E-state index in [0.29, 0.717) is 5.69 Å². The second-order valence-corrected chi connectivity index (χ2v) is 5.63. The van der Waals surface area contributed by atoms with Crippen LogP contribution >= 0.6 is 11.3 Å². The van der Waals surface area contributed by atoms with Crippen molar-refractivity contribution in [1.29, 1.82) is 0 Å². The van der Waals surface area contributed by atoms with Crippen molar-refractivity contribution < 1.29 is 4.79 Å². The Hall–Kier alpha value is -1.68. The van der Waals surface area contributed by atoms with Gasteiger partial charge in [-0.3, -0.25) is 4.79 Å². The Labute approximate surface area is 117 Å². The molecule has 4 heteroatoms. The highest BCUT2D eigenvalue weighted by Gasteiger charge is 2.13. The van der Waals surface area contributed by atoms with E-state index < -0.39 is 0 Å². The lowest BCUT2D eigenvalue weighted by Gasteiger charge is -2.15. The van der Waals surface area contributed by atoms with Crippen molar-refractivity contribution in [2.24, 2.45) is 0 Å². The van der Waals surface area contributed by atoms with Gasteiger partial charge in [0.25, 0.3) is 5.91 Å². The molecule has 0 atom stereocenters. The maximum atomic E-state index is 12.1. The van der Waals surface area contributed by atoms with Gasteiger partial charge >= 0.3 is 0 Å². The molecule has 3 nitrogen and oxygen atoms in total. The minimum atomic E-state index is 0.0115. The van der Waals surface area contributed by atoms with Crippen molar-refractivity contribution >= 4 is 17.2 Å². The van der Waals surface area contributed by atoms with Crippen LogP contribution in [-0.2, 0) is 6.42 Å². The summed E-state index contributed by atoms with van der Waals surface area (Å²) in [5.74, 6) is 0.0115. The van der Waals surface area contributed by atoms with Crippen LogP contribution in [0.25, 0.3) is 0 Å². The lowest BCUT2D eigenvalue weighted by Crippen LogP contribution is -2.28. The van der Waals surface area contributed by atoms with Gasteiger partial charge in [-0.2, -0.15) is 0 Å². The number of aromatic nitrogens is 1. The van der Waals surface area contributed by atoms with Gasteiger partial charge < -0.3 is 4.90 Å². The minimum Gasteiger partial charge on any atom is -0.340 e. The molecule has 0 spiro atoms. The lowest BCUT2D eigenvalue weighted by atomic mass is 10.1. The zero-order chi connectivity index (χ0) is 13.7. The summed E-state index contributed by atoms with van der Waals surface area (Å²) < 4.78 is 0. The average Bonchev–Trinajstić information content (AvgIpc) is 2.85. The maximum absolute atomic E-state index is 12.1. The molecule has 0 saturated carbocycles. The second kappa shape index (κ2) is 6.48. The highest BCUT2D eigenvalue weighted by Crippen LogP contribution is 2.10. The van der Waals surface area contributed by atoms with E-state index in [1.54, 1.807) is 4.90 Å². The van der Waals surface area contributed by atoms with Gasteiger partial charge in [0.2, 0.25) is 0 Å². The summed E-state index contributed by atoms with van der Waals surface area (Å²) in [6.45, 7) is 2.67. The first-order chi connectivity index (χ1) is 9.16. The number of hydrogen-bond donors (Lipinski definition) is 0. The number of nitrogens with zero attached hydrogens (tertiary/aromatic N) is 2. The number of amides is 1. The molecule has 1 heterocycles. The fraction of sp³-hybridized carbons (Fsp3) is 0.333. The number of carbonyl (C=O) groups is 1. The minimum absolute atomic E-state index is 0.0115. The first kappa shape index (κ1) is 13.7. The predicted octanol–water partition coefficient (Wildman–Crippen LogP) is 3.16. The zero-order valence-electron chi connectivity index (χ0n) is 11.3. The second-order valence-electron chi connectivity index (χ2n) is 4.57. The summed E-state index contributed by atoms with van der Waals surface area (Å²) in [6, 6.07) is 10.3. The number of rotatable bonds is 5. The molecule has 0 N–H and O–H groups in total. The van der Waals surface area contributed by atoms with Gasteiger partial charge in [0, 0.05) is 19.0 Å². The Bertz CT molecular complexity index is 536. The third-order valence-corrected chi connectivity index (χ3v) is 3.76. The van der Waals surface area contributed by atoms with Gasteiger partial charge in [-0.15, -0.1) is 11.3 Å². The standard InChI is InChI=1S/C15H18N2OS/c1-12-16-14(11-19-12)15(18)17(2)10-6-9-13-7-4-3-5-8-13/h3-5,7-8,11H,6,9-10H2,1-2H3. The average molecular weight is 274 g/mol.